The highest BCUT2D eigenvalue weighted by Crippen LogP contribution is 2.23. The van der Waals surface area contributed by atoms with Crippen LogP contribution in [0.4, 0.5) is 0 Å². The normalized spacial score (nSPS) is 14.2. The first-order valence-electron chi connectivity index (χ1n) is 8.46. The first kappa shape index (κ1) is 16.3. The molecule has 132 valence electrons. The van der Waals surface area contributed by atoms with E-state index in [2.05, 4.69) is 15.4 Å². The predicted molar refractivity (Wildman–Crippen MR) is 95.7 cm³/mol. The van der Waals surface area contributed by atoms with Crippen LogP contribution in [-0.4, -0.2) is 50.2 Å². The van der Waals surface area contributed by atoms with E-state index < -0.39 is 0 Å². The molecule has 26 heavy (non-hydrogen) atoms. The minimum atomic E-state index is 0.00767. The van der Waals surface area contributed by atoms with E-state index in [1.807, 2.05) is 43.3 Å². The highest BCUT2D eigenvalue weighted by molar-refractivity contribution is 5.95. The van der Waals surface area contributed by atoms with Crippen molar-refractivity contribution >= 4 is 5.91 Å². The third-order valence-electron chi connectivity index (χ3n) is 4.42. The zero-order chi connectivity index (χ0) is 18.1. The van der Waals surface area contributed by atoms with E-state index in [4.69, 9.17) is 4.74 Å². The minimum absolute atomic E-state index is 0.00767. The van der Waals surface area contributed by atoms with Gasteiger partial charge in [-0.2, -0.15) is 4.80 Å². The highest BCUT2D eigenvalue weighted by atomic mass is 16.5. The van der Waals surface area contributed by atoms with E-state index in [-0.39, 0.29) is 12.0 Å². The van der Waals surface area contributed by atoms with Crippen LogP contribution in [0, 0.1) is 6.92 Å². The molecule has 2 heterocycles. The summed E-state index contributed by atoms with van der Waals surface area (Å²) in [4.78, 5) is 15.8. The minimum Gasteiger partial charge on any atom is -0.486 e. The molecule has 0 saturated carbocycles. The van der Waals surface area contributed by atoms with Gasteiger partial charge in [-0.3, -0.25) is 4.79 Å². The maximum Gasteiger partial charge on any atom is 0.254 e. The van der Waals surface area contributed by atoms with Crippen LogP contribution < -0.4 is 4.74 Å². The van der Waals surface area contributed by atoms with Crippen molar-refractivity contribution < 1.29 is 9.53 Å². The lowest BCUT2D eigenvalue weighted by Gasteiger charge is -2.39. The van der Waals surface area contributed by atoms with Gasteiger partial charge in [-0.25, -0.2) is 0 Å². The van der Waals surface area contributed by atoms with Crippen LogP contribution in [0.15, 0.2) is 48.5 Å². The zero-order valence-electron chi connectivity index (χ0n) is 14.7. The average molecular weight is 349 g/mol. The van der Waals surface area contributed by atoms with Crippen LogP contribution >= 0.6 is 0 Å². The summed E-state index contributed by atoms with van der Waals surface area (Å²) in [5, 5.41) is 11.9. The Hall–Kier alpha value is -3.22. The number of tetrazole rings is 1. The van der Waals surface area contributed by atoms with Gasteiger partial charge in [0.2, 0.25) is 5.82 Å². The van der Waals surface area contributed by atoms with Gasteiger partial charge in [0.05, 0.1) is 20.1 Å². The first-order chi connectivity index (χ1) is 12.6. The second-order valence-electron chi connectivity index (χ2n) is 6.40. The van der Waals surface area contributed by atoms with Crippen molar-refractivity contribution in [3.8, 4) is 17.1 Å². The lowest BCUT2D eigenvalue weighted by atomic mass is 10.1. The van der Waals surface area contributed by atoms with Gasteiger partial charge in [0.15, 0.2) is 0 Å². The lowest BCUT2D eigenvalue weighted by molar-refractivity contribution is 0.0175. The van der Waals surface area contributed by atoms with Crippen molar-refractivity contribution in [1.82, 2.24) is 25.1 Å². The fourth-order valence-electron chi connectivity index (χ4n) is 2.89. The van der Waals surface area contributed by atoms with Crippen LogP contribution in [0.5, 0.6) is 5.75 Å². The Morgan fingerprint density at radius 1 is 1.12 bits per heavy atom. The number of hydrogen-bond donors (Lipinski definition) is 0. The molecule has 1 fully saturated rings. The van der Waals surface area contributed by atoms with Gasteiger partial charge in [0.1, 0.15) is 11.9 Å². The van der Waals surface area contributed by atoms with Crippen molar-refractivity contribution in [2.45, 2.75) is 13.0 Å². The Bertz CT molecular complexity index is 929. The van der Waals surface area contributed by atoms with Crippen LogP contribution in [0.2, 0.25) is 0 Å². The van der Waals surface area contributed by atoms with Crippen molar-refractivity contribution in [2.24, 2.45) is 7.05 Å². The molecular formula is C19H19N5O2. The second kappa shape index (κ2) is 6.59. The molecule has 4 rings (SSSR count). The maximum atomic E-state index is 12.6. The number of carbonyl (C=O) groups is 1. The zero-order valence-corrected chi connectivity index (χ0v) is 14.7. The van der Waals surface area contributed by atoms with Crippen molar-refractivity contribution in [2.75, 3.05) is 13.1 Å². The van der Waals surface area contributed by atoms with E-state index >= 15 is 0 Å². The molecule has 7 nitrogen and oxygen atoms in total. The molecule has 1 amide bonds. The summed E-state index contributed by atoms with van der Waals surface area (Å²) in [5.41, 5.74) is 2.58. The molecule has 7 heteroatoms. The van der Waals surface area contributed by atoms with E-state index in [9.17, 15) is 4.79 Å². The fraction of sp³-hybridized carbons (Fsp3) is 0.263. The number of hydrogen-bond acceptors (Lipinski definition) is 5. The summed E-state index contributed by atoms with van der Waals surface area (Å²) in [5.74, 6) is 1.43. The smallest absolute Gasteiger partial charge is 0.254 e. The number of aryl methyl sites for hydroxylation is 2. The number of ether oxygens (including phenoxy) is 1. The van der Waals surface area contributed by atoms with Crippen LogP contribution in [-0.2, 0) is 7.05 Å². The van der Waals surface area contributed by atoms with Gasteiger partial charge in [-0.1, -0.05) is 30.3 Å². The summed E-state index contributed by atoms with van der Waals surface area (Å²) in [7, 11) is 1.72. The number of carbonyl (C=O) groups excluding carboxylic acids is 1. The van der Waals surface area contributed by atoms with Gasteiger partial charge < -0.3 is 9.64 Å². The molecular weight excluding hydrogens is 330 g/mol. The van der Waals surface area contributed by atoms with Crippen LogP contribution in [0.25, 0.3) is 11.4 Å². The summed E-state index contributed by atoms with van der Waals surface area (Å²) >= 11 is 0. The Morgan fingerprint density at radius 2 is 1.85 bits per heavy atom. The molecule has 0 unspecified atom stereocenters. The monoisotopic (exact) mass is 349 g/mol. The number of nitrogens with zero attached hydrogens (tertiary/aromatic N) is 5. The number of para-hydroxylation sites is 1. The van der Waals surface area contributed by atoms with E-state index in [0.717, 1.165) is 16.9 Å². The number of rotatable bonds is 4. The van der Waals surface area contributed by atoms with Gasteiger partial charge in [-0.05, 0) is 35.9 Å². The standard InChI is InChI=1S/C19H19N5O2/c1-13-5-3-4-6-17(13)26-16-11-24(12-16)19(25)15-9-7-14(8-10-15)18-20-22-23(2)21-18/h3-10,16H,11-12H2,1-2H3. The largest absolute Gasteiger partial charge is 0.486 e. The Morgan fingerprint density at radius 3 is 2.50 bits per heavy atom. The molecule has 0 N–H and O–H groups in total. The molecule has 0 spiro atoms. The van der Waals surface area contributed by atoms with E-state index in [0.29, 0.717) is 24.5 Å². The SMILES string of the molecule is Cc1ccccc1OC1CN(C(=O)c2ccc(-c3nnn(C)n3)cc2)C1. The maximum absolute atomic E-state index is 12.6. The summed E-state index contributed by atoms with van der Waals surface area (Å²) < 4.78 is 5.96. The van der Waals surface area contributed by atoms with E-state index in [1.54, 1.807) is 24.1 Å². The summed E-state index contributed by atoms with van der Waals surface area (Å²) in [6.45, 7) is 3.21. The molecule has 2 aromatic carbocycles. The van der Waals surface area contributed by atoms with Gasteiger partial charge in [-0.15, -0.1) is 10.2 Å². The molecule has 0 atom stereocenters. The Balaban J connectivity index is 1.36. The molecule has 0 radical (unpaired) electrons. The third kappa shape index (κ3) is 3.15. The third-order valence-corrected chi connectivity index (χ3v) is 4.42. The number of amides is 1. The first-order valence-corrected chi connectivity index (χ1v) is 8.46. The van der Waals surface area contributed by atoms with Gasteiger partial charge >= 0.3 is 0 Å². The second-order valence-corrected chi connectivity index (χ2v) is 6.40. The Labute approximate surface area is 151 Å². The summed E-state index contributed by atoms with van der Waals surface area (Å²) in [6.07, 6.45) is 0.0446. The van der Waals surface area contributed by atoms with Crippen LogP contribution in [0.1, 0.15) is 15.9 Å². The van der Waals surface area contributed by atoms with Crippen molar-refractivity contribution in [1.29, 1.82) is 0 Å². The molecule has 1 aliphatic rings. The Kier molecular flexibility index (Phi) is 4.12. The average Bonchev–Trinajstić information content (AvgIpc) is 3.05. The molecule has 0 bridgehead atoms. The lowest BCUT2D eigenvalue weighted by Crippen LogP contribution is -2.56. The molecule has 1 aliphatic heterocycles. The number of benzene rings is 2. The quantitative estimate of drug-likeness (QED) is 0.721. The number of aromatic nitrogens is 4. The van der Waals surface area contributed by atoms with Crippen LogP contribution in [0.3, 0.4) is 0 Å². The molecule has 1 saturated heterocycles. The van der Waals surface area contributed by atoms with Crippen molar-refractivity contribution in [3.63, 3.8) is 0 Å². The van der Waals surface area contributed by atoms with E-state index in [1.165, 1.54) is 4.80 Å². The topological polar surface area (TPSA) is 73.1 Å². The molecule has 0 aliphatic carbocycles. The van der Waals surface area contributed by atoms with Crippen molar-refractivity contribution in [3.05, 3.63) is 59.7 Å². The predicted octanol–water partition coefficient (Wildman–Crippen LogP) is 2.09. The highest BCUT2D eigenvalue weighted by Gasteiger charge is 2.33. The summed E-state index contributed by atoms with van der Waals surface area (Å²) in [6, 6.07) is 15.2. The van der Waals surface area contributed by atoms with Gasteiger partial charge in [0.25, 0.3) is 5.91 Å². The molecule has 1 aromatic heterocycles. The number of likely N-dealkylation sites (tertiary alicyclic amines) is 1. The van der Waals surface area contributed by atoms with Gasteiger partial charge in [0, 0.05) is 11.1 Å². The molecule has 3 aromatic rings. The fourth-order valence-corrected chi connectivity index (χ4v) is 2.89.